The molecule has 1 saturated heterocycles. The van der Waals surface area contributed by atoms with E-state index in [1.807, 2.05) is 0 Å². The Kier molecular flexibility index (Phi) is 4.94. The average molecular weight is 403 g/mol. The molecule has 0 bridgehead atoms. The minimum Gasteiger partial charge on any atom is -0.337 e. The quantitative estimate of drug-likeness (QED) is 0.685. The monoisotopic (exact) mass is 402 g/mol. The summed E-state index contributed by atoms with van der Waals surface area (Å²) in [6, 6.07) is 0. The molecule has 0 N–H and O–H groups in total. The van der Waals surface area contributed by atoms with Crippen LogP contribution in [0.1, 0.15) is 12.2 Å². The minimum atomic E-state index is -3.75. The molecule has 0 unspecified atom stereocenters. The molecule has 2 aromatic heterocycles. The van der Waals surface area contributed by atoms with Gasteiger partial charge in [0.15, 0.2) is 5.03 Å². The van der Waals surface area contributed by atoms with E-state index in [1.165, 1.54) is 31.9 Å². The maximum absolute atomic E-state index is 12.8. The van der Waals surface area contributed by atoms with Gasteiger partial charge in [-0.2, -0.15) is 13.7 Å². The Bertz CT molecular complexity index is 989. The predicted octanol–water partition coefficient (Wildman–Crippen LogP) is -0.453. The Morgan fingerprint density at radius 3 is 2.04 bits per heavy atom. The van der Waals surface area contributed by atoms with Crippen molar-refractivity contribution >= 4 is 20.0 Å². The highest BCUT2D eigenvalue weighted by molar-refractivity contribution is 7.89. The molecule has 12 heteroatoms. The van der Waals surface area contributed by atoms with Crippen molar-refractivity contribution in [3.63, 3.8) is 0 Å². The zero-order valence-corrected chi connectivity index (χ0v) is 16.5. The molecule has 0 spiro atoms. The van der Waals surface area contributed by atoms with Crippen molar-refractivity contribution in [3.05, 3.63) is 24.4 Å². The van der Waals surface area contributed by atoms with Gasteiger partial charge in [-0.25, -0.2) is 21.8 Å². The van der Waals surface area contributed by atoms with E-state index in [1.54, 1.807) is 25.6 Å². The summed E-state index contributed by atoms with van der Waals surface area (Å²) in [4.78, 5) is 4.20. The average Bonchev–Trinajstić information content (AvgIpc) is 3.05. The highest BCUT2D eigenvalue weighted by Crippen LogP contribution is 2.20. The number of hydrogen-bond donors (Lipinski definition) is 0. The molecule has 2 aromatic rings. The third kappa shape index (κ3) is 3.41. The second-order valence-corrected chi connectivity index (χ2v) is 10.1. The van der Waals surface area contributed by atoms with Gasteiger partial charge in [-0.05, 0) is 13.3 Å². The standard InChI is InChI=1S/C14H22N6O4S2/c1-12-16-14(11-17(12)2)26(23,24)20-6-4-5-19(7-8-20)25(21,22)13-9-15-18(3)10-13/h9-11H,4-8H2,1-3H3. The SMILES string of the molecule is Cc1nc(S(=O)(=O)N2CCCN(S(=O)(=O)c3cnn(C)c3)CC2)cn1C. The third-order valence-electron chi connectivity index (χ3n) is 4.42. The van der Waals surface area contributed by atoms with Crippen LogP contribution in [0.15, 0.2) is 28.5 Å². The van der Waals surface area contributed by atoms with Gasteiger partial charge in [0.1, 0.15) is 10.7 Å². The van der Waals surface area contributed by atoms with Gasteiger partial charge in [-0.1, -0.05) is 0 Å². The van der Waals surface area contributed by atoms with Gasteiger partial charge in [-0.3, -0.25) is 4.68 Å². The molecule has 0 amide bonds. The van der Waals surface area contributed by atoms with Crippen molar-refractivity contribution in [3.8, 4) is 0 Å². The van der Waals surface area contributed by atoms with Gasteiger partial charge in [-0.15, -0.1) is 0 Å². The van der Waals surface area contributed by atoms with E-state index in [9.17, 15) is 16.8 Å². The lowest BCUT2D eigenvalue weighted by atomic mass is 10.4. The van der Waals surface area contributed by atoms with Gasteiger partial charge in [0.2, 0.25) is 10.0 Å². The van der Waals surface area contributed by atoms with Crippen molar-refractivity contribution < 1.29 is 16.8 Å². The number of nitrogens with zero attached hydrogens (tertiary/aromatic N) is 6. The summed E-state index contributed by atoms with van der Waals surface area (Å²) >= 11 is 0. The summed E-state index contributed by atoms with van der Waals surface area (Å²) in [5, 5.41) is 3.89. The van der Waals surface area contributed by atoms with Crippen LogP contribution < -0.4 is 0 Å². The molecule has 0 saturated carbocycles. The smallest absolute Gasteiger partial charge is 0.262 e. The van der Waals surface area contributed by atoms with Gasteiger partial charge in [0, 0.05) is 52.7 Å². The molecule has 1 aliphatic heterocycles. The fraction of sp³-hybridized carbons (Fsp3) is 0.571. The first kappa shape index (κ1) is 19.0. The van der Waals surface area contributed by atoms with Crippen LogP contribution in [0.5, 0.6) is 0 Å². The van der Waals surface area contributed by atoms with Crippen LogP contribution in [0.2, 0.25) is 0 Å². The number of aryl methyl sites for hydroxylation is 3. The van der Waals surface area contributed by atoms with E-state index in [2.05, 4.69) is 10.1 Å². The number of rotatable bonds is 4. The Morgan fingerprint density at radius 1 is 0.923 bits per heavy atom. The topological polar surface area (TPSA) is 110 Å². The normalized spacial score (nSPS) is 18.1. The zero-order valence-electron chi connectivity index (χ0n) is 14.9. The molecule has 0 radical (unpaired) electrons. The molecule has 1 aliphatic rings. The molecule has 3 rings (SSSR count). The summed E-state index contributed by atoms with van der Waals surface area (Å²) in [5.74, 6) is 0.596. The first-order valence-corrected chi connectivity index (χ1v) is 11.0. The molecule has 0 atom stereocenters. The lowest BCUT2D eigenvalue weighted by molar-refractivity contribution is 0.403. The molecule has 0 aromatic carbocycles. The molecule has 26 heavy (non-hydrogen) atoms. The maximum Gasteiger partial charge on any atom is 0.262 e. The van der Waals surface area contributed by atoms with Gasteiger partial charge in [0.05, 0.1) is 6.20 Å². The Morgan fingerprint density at radius 2 is 1.54 bits per heavy atom. The first-order valence-electron chi connectivity index (χ1n) is 8.11. The summed E-state index contributed by atoms with van der Waals surface area (Å²) < 4.78 is 56.7. The van der Waals surface area contributed by atoms with Crippen LogP contribution in [0.3, 0.4) is 0 Å². The summed E-state index contributed by atoms with van der Waals surface area (Å²) in [7, 11) is -4.07. The molecule has 10 nitrogen and oxygen atoms in total. The fourth-order valence-electron chi connectivity index (χ4n) is 2.81. The van der Waals surface area contributed by atoms with Crippen molar-refractivity contribution in [2.75, 3.05) is 26.2 Å². The van der Waals surface area contributed by atoms with Crippen LogP contribution in [0.25, 0.3) is 0 Å². The maximum atomic E-state index is 12.8. The number of aromatic nitrogens is 4. The second-order valence-electron chi connectivity index (χ2n) is 6.25. The van der Waals surface area contributed by atoms with E-state index in [0.717, 1.165) is 0 Å². The fourth-order valence-corrected chi connectivity index (χ4v) is 5.77. The Labute approximate surface area is 153 Å². The van der Waals surface area contributed by atoms with Crippen LogP contribution in [-0.2, 0) is 34.1 Å². The largest absolute Gasteiger partial charge is 0.337 e. The number of imidazole rings is 1. The predicted molar refractivity (Wildman–Crippen MR) is 93.3 cm³/mol. The second kappa shape index (κ2) is 6.76. The van der Waals surface area contributed by atoms with Crippen LogP contribution in [-0.4, -0.2) is 71.0 Å². The van der Waals surface area contributed by atoms with Crippen LogP contribution in [0, 0.1) is 6.92 Å². The highest BCUT2D eigenvalue weighted by atomic mass is 32.2. The molecule has 1 fully saturated rings. The summed E-state index contributed by atoms with van der Waals surface area (Å²) in [5.41, 5.74) is 0. The summed E-state index contributed by atoms with van der Waals surface area (Å²) in [6.07, 6.45) is 4.61. The van der Waals surface area contributed by atoms with E-state index in [0.29, 0.717) is 12.2 Å². The Balaban J connectivity index is 1.80. The van der Waals surface area contributed by atoms with E-state index < -0.39 is 20.0 Å². The van der Waals surface area contributed by atoms with E-state index in [4.69, 9.17) is 0 Å². The van der Waals surface area contributed by atoms with Crippen LogP contribution in [0.4, 0.5) is 0 Å². The van der Waals surface area contributed by atoms with Crippen molar-refractivity contribution in [2.45, 2.75) is 23.3 Å². The molecule has 0 aliphatic carbocycles. The molecular formula is C14H22N6O4S2. The van der Waals surface area contributed by atoms with Gasteiger partial charge in [0.25, 0.3) is 10.0 Å². The first-order chi connectivity index (χ1) is 12.1. The van der Waals surface area contributed by atoms with E-state index >= 15 is 0 Å². The van der Waals surface area contributed by atoms with Crippen molar-refractivity contribution in [1.29, 1.82) is 0 Å². The molecular weight excluding hydrogens is 380 g/mol. The van der Waals surface area contributed by atoms with Gasteiger partial charge < -0.3 is 4.57 Å². The number of hydrogen-bond acceptors (Lipinski definition) is 6. The highest BCUT2D eigenvalue weighted by Gasteiger charge is 2.33. The zero-order chi connectivity index (χ0) is 19.1. The summed E-state index contributed by atoms with van der Waals surface area (Å²) in [6.45, 7) is 2.39. The van der Waals surface area contributed by atoms with E-state index in [-0.39, 0.29) is 36.1 Å². The minimum absolute atomic E-state index is 0.0129. The lowest BCUT2D eigenvalue weighted by Gasteiger charge is -2.20. The third-order valence-corrected chi connectivity index (χ3v) is 8.05. The lowest BCUT2D eigenvalue weighted by Crippen LogP contribution is -2.37. The molecule has 3 heterocycles. The van der Waals surface area contributed by atoms with Crippen molar-refractivity contribution in [1.82, 2.24) is 27.9 Å². The molecule has 144 valence electrons. The van der Waals surface area contributed by atoms with Crippen LogP contribution >= 0.6 is 0 Å². The number of sulfonamides is 2. The van der Waals surface area contributed by atoms with Gasteiger partial charge >= 0.3 is 0 Å². The Hall–Kier alpha value is -1.76. The van der Waals surface area contributed by atoms with Crippen molar-refractivity contribution in [2.24, 2.45) is 14.1 Å².